The second kappa shape index (κ2) is 4.92. The Bertz CT molecular complexity index is 590. The van der Waals surface area contributed by atoms with Crippen molar-refractivity contribution in [3.63, 3.8) is 0 Å². The maximum Gasteiger partial charge on any atom is 0.272 e. The SMILES string of the molecule is CC(C)c1cccc(C(=O)N2CC(S(C)(=O)=O)C2)n1. The Hall–Kier alpha value is -1.43. The van der Waals surface area contributed by atoms with Gasteiger partial charge in [-0.25, -0.2) is 13.4 Å². The lowest BCUT2D eigenvalue weighted by atomic mass is 10.1. The van der Waals surface area contributed by atoms with Gasteiger partial charge in [0.1, 0.15) is 5.69 Å². The fourth-order valence-corrected chi connectivity index (χ4v) is 2.83. The van der Waals surface area contributed by atoms with Crippen LogP contribution < -0.4 is 0 Å². The normalized spacial score (nSPS) is 16.5. The van der Waals surface area contributed by atoms with Crippen LogP contribution in [0.5, 0.6) is 0 Å². The Morgan fingerprint density at radius 3 is 2.53 bits per heavy atom. The summed E-state index contributed by atoms with van der Waals surface area (Å²) in [6.45, 7) is 4.57. The van der Waals surface area contributed by atoms with Crippen LogP contribution in [0.1, 0.15) is 35.9 Å². The summed E-state index contributed by atoms with van der Waals surface area (Å²) in [5, 5.41) is -0.426. The van der Waals surface area contributed by atoms with E-state index in [4.69, 9.17) is 0 Å². The van der Waals surface area contributed by atoms with Crippen LogP contribution in [-0.4, -0.2) is 48.8 Å². The molecule has 0 radical (unpaired) electrons. The predicted octanol–water partition coefficient (Wildman–Crippen LogP) is 1.07. The maximum atomic E-state index is 12.1. The van der Waals surface area contributed by atoms with Gasteiger partial charge in [-0.05, 0) is 18.1 Å². The number of hydrogen-bond donors (Lipinski definition) is 0. The van der Waals surface area contributed by atoms with E-state index in [0.717, 1.165) is 5.69 Å². The van der Waals surface area contributed by atoms with Crippen molar-refractivity contribution in [2.75, 3.05) is 19.3 Å². The lowest BCUT2D eigenvalue weighted by Crippen LogP contribution is -2.56. The van der Waals surface area contributed by atoms with Crippen molar-refractivity contribution in [2.24, 2.45) is 0 Å². The van der Waals surface area contributed by atoms with Gasteiger partial charge in [-0.1, -0.05) is 19.9 Å². The lowest BCUT2D eigenvalue weighted by molar-refractivity contribution is 0.0653. The molecule has 0 aliphatic carbocycles. The Labute approximate surface area is 113 Å². The Kier molecular flexibility index (Phi) is 3.62. The summed E-state index contributed by atoms with van der Waals surface area (Å²) in [6.07, 6.45) is 1.21. The molecule has 1 saturated heterocycles. The van der Waals surface area contributed by atoms with Gasteiger partial charge in [0.25, 0.3) is 5.91 Å². The summed E-state index contributed by atoms with van der Waals surface area (Å²) < 4.78 is 22.6. The minimum absolute atomic E-state index is 0.192. The van der Waals surface area contributed by atoms with Crippen molar-refractivity contribution >= 4 is 15.7 Å². The quantitative estimate of drug-likeness (QED) is 0.832. The van der Waals surface area contributed by atoms with E-state index >= 15 is 0 Å². The third-order valence-electron chi connectivity index (χ3n) is 3.32. The molecule has 1 fully saturated rings. The maximum absolute atomic E-state index is 12.1. The molecule has 0 saturated carbocycles. The van der Waals surface area contributed by atoms with Gasteiger partial charge in [0.05, 0.1) is 5.25 Å². The van der Waals surface area contributed by atoms with Gasteiger partial charge >= 0.3 is 0 Å². The van der Waals surface area contributed by atoms with Crippen molar-refractivity contribution in [3.05, 3.63) is 29.6 Å². The number of amides is 1. The molecule has 104 valence electrons. The van der Waals surface area contributed by atoms with Crippen LogP contribution in [0, 0.1) is 0 Å². The van der Waals surface area contributed by atoms with Gasteiger partial charge in [0, 0.05) is 25.0 Å². The molecule has 0 bridgehead atoms. The molecule has 1 aliphatic heterocycles. The van der Waals surface area contributed by atoms with Crippen LogP contribution in [0.3, 0.4) is 0 Å². The second-order valence-corrected chi connectivity index (χ2v) is 7.59. The van der Waals surface area contributed by atoms with Crippen LogP contribution in [0.25, 0.3) is 0 Å². The minimum atomic E-state index is -3.05. The number of likely N-dealkylation sites (tertiary alicyclic amines) is 1. The molecule has 1 aromatic heterocycles. The molecule has 0 N–H and O–H groups in total. The fraction of sp³-hybridized carbons (Fsp3) is 0.538. The Morgan fingerprint density at radius 1 is 1.37 bits per heavy atom. The second-order valence-electron chi connectivity index (χ2n) is 5.26. The van der Waals surface area contributed by atoms with Crippen molar-refractivity contribution < 1.29 is 13.2 Å². The van der Waals surface area contributed by atoms with Crippen molar-refractivity contribution in [1.29, 1.82) is 0 Å². The summed E-state index contributed by atoms with van der Waals surface area (Å²) in [7, 11) is -3.05. The number of nitrogens with zero attached hydrogens (tertiary/aromatic N) is 2. The van der Waals surface area contributed by atoms with E-state index in [-0.39, 0.29) is 24.9 Å². The van der Waals surface area contributed by atoms with E-state index in [0.29, 0.717) is 5.69 Å². The predicted molar refractivity (Wildman–Crippen MR) is 72.9 cm³/mol. The molecule has 19 heavy (non-hydrogen) atoms. The first-order valence-electron chi connectivity index (χ1n) is 6.24. The van der Waals surface area contributed by atoms with Crippen LogP contribution in [0.2, 0.25) is 0 Å². The molecule has 0 atom stereocenters. The molecule has 0 unspecified atom stereocenters. The number of hydrogen-bond acceptors (Lipinski definition) is 4. The summed E-state index contributed by atoms with van der Waals surface area (Å²) in [5.74, 6) is 0.0651. The molecule has 2 rings (SSSR count). The van der Waals surface area contributed by atoms with Gasteiger partial charge in [0.2, 0.25) is 0 Å². The molecule has 1 amide bonds. The standard InChI is InChI=1S/C13H18N2O3S/c1-9(2)11-5-4-6-12(14-11)13(16)15-7-10(8-15)19(3,17)18/h4-6,9-10H,7-8H2,1-3H3. The molecule has 2 heterocycles. The van der Waals surface area contributed by atoms with Crippen molar-refractivity contribution in [1.82, 2.24) is 9.88 Å². The number of aromatic nitrogens is 1. The van der Waals surface area contributed by atoms with Crippen molar-refractivity contribution in [2.45, 2.75) is 25.0 Å². The van der Waals surface area contributed by atoms with E-state index in [1.165, 1.54) is 11.2 Å². The van der Waals surface area contributed by atoms with Gasteiger partial charge in [-0.15, -0.1) is 0 Å². The Balaban J connectivity index is 2.08. The average Bonchev–Trinajstić information content (AvgIpc) is 2.25. The third kappa shape index (κ3) is 2.94. The molecule has 1 aliphatic rings. The monoisotopic (exact) mass is 282 g/mol. The lowest BCUT2D eigenvalue weighted by Gasteiger charge is -2.37. The number of carbonyl (C=O) groups excluding carboxylic acids is 1. The number of pyridine rings is 1. The van der Waals surface area contributed by atoms with Gasteiger partial charge in [-0.2, -0.15) is 0 Å². The van der Waals surface area contributed by atoms with E-state index in [9.17, 15) is 13.2 Å². The molecule has 5 nitrogen and oxygen atoms in total. The summed E-state index contributed by atoms with van der Waals surface area (Å²) in [4.78, 5) is 18.0. The molecule has 6 heteroatoms. The first-order chi connectivity index (χ1) is 8.79. The van der Waals surface area contributed by atoms with E-state index in [2.05, 4.69) is 4.98 Å². The van der Waals surface area contributed by atoms with E-state index in [1.54, 1.807) is 6.07 Å². The van der Waals surface area contributed by atoms with Gasteiger partial charge < -0.3 is 4.90 Å². The fourth-order valence-electron chi connectivity index (χ4n) is 1.93. The first-order valence-corrected chi connectivity index (χ1v) is 8.19. The van der Waals surface area contributed by atoms with Crippen molar-refractivity contribution in [3.8, 4) is 0 Å². The van der Waals surface area contributed by atoms with Crippen LogP contribution in [0.4, 0.5) is 0 Å². The minimum Gasteiger partial charge on any atom is -0.335 e. The topological polar surface area (TPSA) is 67.3 Å². The summed E-state index contributed by atoms with van der Waals surface area (Å²) in [6, 6.07) is 5.36. The zero-order chi connectivity index (χ0) is 14.2. The zero-order valence-corrected chi connectivity index (χ0v) is 12.1. The highest BCUT2D eigenvalue weighted by molar-refractivity contribution is 7.91. The smallest absolute Gasteiger partial charge is 0.272 e. The number of carbonyl (C=O) groups is 1. The highest BCUT2D eigenvalue weighted by Gasteiger charge is 2.37. The summed E-state index contributed by atoms with van der Waals surface area (Å²) >= 11 is 0. The summed E-state index contributed by atoms with van der Waals surface area (Å²) in [5.41, 5.74) is 1.25. The number of rotatable bonds is 3. The highest BCUT2D eigenvalue weighted by Crippen LogP contribution is 2.19. The van der Waals surface area contributed by atoms with Crippen LogP contribution >= 0.6 is 0 Å². The third-order valence-corrected chi connectivity index (χ3v) is 4.83. The van der Waals surface area contributed by atoms with Crippen LogP contribution in [0.15, 0.2) is 18.2 Å². The highest BCUT2D eigenvalue weighted by atomic mass is 32.2. The zero-order valence-electron chi connectivity index (χ0n) is 11.3. The molecular weight excluding hydrogens is 264 g/mol. The Morgan fingerprint density at radius 2 is 2.00 bits per heavy atom. The van der Waals surface area contributed by atoms with Gasteiger partial charge in [0.15, 0.2) is 9.84 Å². The molecule has 0 spiro atoms. The largest absolute Gasteiger partial charge is 0.335 e. The van der Waals surface area contributed by atoms with E-state index in [1.807, 2.05) is 26.0 Å². The first kappa shape index (κ1) is 14.0. The molecular formula is C13H18N2O3S. The van der Waals surface area contributed by atoms with Crippen LogP contribution in [-0.2, 0) is 9.84 Å². The number of sulfone groups is 1. The average molecular weight is 282 g/mol. The van der Waals surface area contributed by atoms with Gasteiger partial charge in [-0.3, -0.25) is 4.79 Å². The molecule has 1 aromatic rings. The van der Waals surface area contributed by atoms with E-state index < -0.39 is 15.1 Å². The molecule has 0 aromatic carbocycles.